The zero-order valence-electron chi connectivity index (χ0n) is 11.2. The fourth-order valence-corrected chi connectivity index (χ4v) is 2.80. The summed E-state index contributed by atoms with van der Waals surface area (Å²) in [6.45, 7) is 4.87. The Labute approximate surface area is 113 Å². The molecule has 0 aromatic carbocycles. The summed E-state index contributed by atoms with van der Waals surface area (Å²) in [5.74, 6) is -0.335. The van der Waals surface area contributed by atoms with Crippen molar-refractivity contribution < 1.29 is 14.6 Å². The lowest BCUT2D eigenvalue weighted by atomic mass is 10.2. The Hall–Kier alpha value is -1.03. The van der Waals surface area contributed by atoms with Gasteiger partial charge in [0.05, 0.1) is 6.61 Å². The van der Waals surface area contributed by atoms with Crippen LogP contribution in [-0.4, -0.2) is 17.7 Å². The topological polar surface area (TPSA) is 46.5 Å². The minimum Gasteiger partial charge on any atom is -0.492 e. The molecule has 0 saturated carbocycles. The van der Waals surface area contributed by atoms with Crippen LogP contribution in [0.25, 0.3) is 0 Å². The molecule has 1 heterocycles. The van der Waals surface area contributed by atoms with Gasteiger partial charge in [0.1, 0.15) is 5.75 Å². The Bertz CT molecular complexity index is 371. The number of rotatable bonds is 9. The largest absolute Gasteiger partial charge is 0.492 e. The molecule has 0 aliphatic rings. The van der Waals surface area contributed by atoms with Gasteiger partial charge < -0.3 is 9.84 Å². The monoisotopic (exact) mass is 270 g/mol. The summed E-state index contributed by atoms with van der Waals surface area (Å²) in [4.78, 5) is 12.5. The standard InChI is InChI=1S/C14H22O3S/c1-3-5-6-7-9-17-12-10-11(8-4-2)18-13(12)14(15)16/h10H,3-9H2,1-2H3,(H,15,16). The Morgan fingerprint density at radius 3 is 2.67 bits per heavy atom. The van der Waals surface area contributed by atoms with Crippen molar-refractivity contribution in [2.24, 2.45) is 0 Å². The van der Waals surface area contributed by atoms with Crippen LogP contribution in [0.2, 0.25) is 0 Å². The molecule has 0 aliphatic heterocycles. The molecule has 0 saturated heterocycles. The number of carboxylic acid groups (broad SMARTS) is 1. The highest BCUT2D eigenvalue weighted by molar-refractivity contribution is 7.14. The van der Waals surface area contributed by atoms with Gasteiger partial charge in [-0.15, -0.1) is 11.3 Å². The number of unbranched alkanes of at least 4 members (excludes halogenated alkanes) is 3. The maximum absolute atomic E-state index is 11.1. The normalized spacial score (nSPS) is 10.6. The summed E-state index contributed by atoms with van der Waals surface area (Å²) in [7, 11) is 0. The molecule has 1 aromatic heterocycles. The molecule has 0 bridgehead atoms. The van der Waals surface area contributed by atoms with Crippen molar-refractivity contribution in [2.45, 2.75) is 52.4 Å². The van der Waals surface area contributed by atoms with Crippen LogP contribution >= 0.6 is 11.3 Å². The number of hydrogen-bond acceptors (Lipinski definition) is 3. The number of carbonyl (C=O) groups is 1. The highest BCUT2D eigenvalue weighted by atomic mass is 32.1. The Balaban J connectivity index is 2.54. The third-order valence-electron chi connectivity index (χ3n) is 2.70. The smallest absolute Gasteiger partial charge is 0.349 e. The summed E-state index contributed by atoms with van der Waals surface area (Å²) in [6, 6.07) is 1.89. The van der Waals surface area contributed by atoms with Crippen molar-refractivity contribution in [1.82, 2.24) is 0 Å². The van der Waals surface area contributed by atoms with E-state index in [1.54, 1.807) is 0 Å². The van der Waals surface area contributed by atoms with Gasteiger partial charge in [-0.3, -0.25) is 0 Å². The van der Waals surface area contributed by atoms with Crippen LogP contribution in [0.15, 0.2) is 6.07 Å². The van der Waals surface area contributed by atoms with Crippen LogP contribution < -0.4 is 4.74 Å². The molecule has 0 radical (unpaired) electrons. The molecule has 0 aliphatic carbocycles. The van der Waals surface area contributed by atoms with Gasteiger partial charge in [0.2, 0.25) is 0 Å². The van der Waals surface area contributed by atoms with E-state index >= 15 is 0 Å². The van der Waals surface area contributed by atoms with Crippen molar-refractivity contribution in [2.75, 3.05) is 6.61 Å². The quantitative estimate of drug-likeness (QED) is 0.678. The van der Waals surface area contributed by atoms with E-state index in [1.165, 1.54) is 24.2 Å². The molecule has 1 rings (SSSR count). The maximum Gasteiger partial charge on any atom is 0.349 e. The third-order valence-corrected chi connectivity index (χ3v) is 3.86. The zero-order chi connectivity index (χ0) is 13.4. The van der Waals surface area contributed by atoms with Crippen molar-refractivity contribution in [3.05, 3.63) is 15.8 Å². The van der Waals surface area contributed by atoms with Crippen molar-refractivity contribution >= 4 is 17.3 Å². The number of hydrogen-bond donors (Lipinski definition) is 1. The molecule has 0 amide bonds. The van der Waals surface area contributed by atoms with Crippen molar-refractivity contribution in [1.29, 1.82) is 0 Å². The van der Waals surface area contributed by atoms with Gasteiger partial charge in [0.15, 0.2) is 4.88 Å². The second-order valence-electron chi connectivity index (χ2n) is 4.37. The Morgan fingerprint density at radius 1 is 1.28 bits per heavy atom. The molecule has 0 atom stereocenters. The SMILES string of the molecule is CCCCCCOc1cc(CCC)sc1C(=O)O. The van der Waals surface area contributed by atoms with E-state index in [0.29, 0.717) is 17.2 Å². The first-order chi connectivity index (χ1) is 8.69. The Morgan fingerprint density at radius 2 is 2.06 bits per heavy atom. The van der Waals surface area contributed by atoms with Gasteiger partial charge in [0, 0.05) is 4.88 Å². The van der Waals surface area contributed by atoms with Crippen molar-refractivity contribution in [3.63, 3.8) is 0 Å². The van der Waals surface area contributed by atoms with Crippen LogP contribution in [-0.2, 0) is 6.42 Å². The molecule has 0 fully saturated rings. The van der Waals surface area contributed by atoms with Crippen LogP contribution in [0, 0.1) is 0 Å². The number of aryl methyl sites for hydroxylation is 1. The Kier molecular flexibility index (Phi) is 6.80. The molecule has 4 heteroatoms. The summed E-state index contributed by atoms with van der Waals surface area (Å²) in [5.41, 5.74) is 0. The third kappa shape index (κ3) is 4.69. The van der Waals surface area contributed by atoms with Gasteiger partial charge in [-0.05, 0) is 18.9 Å². The maximum atomic E-state index is 11.1. The lowest BCUT2D eigenvalue weighted by Crippen LogP contribution is -2.01. The minimum atomic E-state index is -0.883. The molecular weight excluding hydrogens is 248 g/mol. The van der Waals surface area contributed by atoms with Crippen LogP contribution in [0.3, 0.4) is 0 Å². The second kappa shape index (κ2) is 8.14. The molecule has 1 aromatic rings. The first-order valence-corrected chi connectivity index (χ1v) is 7.49. The average Bonchev–Trinajstić information content (AvgIpc) is 2.73. The number of thiophene rings is 1. The fourth-order valence-electron chi connectivity index (χ4n) is 1.76. The van der Waals surface area contributed by atoms with Gasteiger partial charge in [-0.25, -0.2) is 4.79 Å². The van der Waals surface area contributed by atoms with Gasteiger partial charge in [0.25, 0.3) is 0 Å². The summed E-state index contributed by atoms with van der Waals surface area (Å²) in [6.07, 6.45) is 6.48. The number of carboxylic acids is 1. The molecule has 1 N–H and O–H groups in total. The van der Waals surface area contributed by atoms with E-state index in [0.717, 1.165) is 30.6 Å². The van der Waals surface area contributed by atoms with Gasteiger partial charge in [-0.2, -0.15) is 0 Å². The molecule has 0 unspecified atom stereocenters. The van der Waals surface area contributed by atoms with Gasteiger partial charge in [-0.1, -0.05) is 39.5 Å². The second-order valence-corrected chi connectivity index (χ2v) is 5.51. The van der Waals surface area contributed by atoms with E-state index in [2.05, 4.69) is 13.8 Å². The predicted octanol–water partition coefficient (Wildman–Crippen LogP) is 4.36. The summed E-state index contributed by atoms with van der Waals surface area (Å²) < 4.78 is 5.60. The van der Waals surface area contributed by atoms with Crippen LogP contribution in [0.1, 0.15) is 60.5 Å². The number of ether oxygens (including phenoxy) is 1. The number of aromatic carboxylic acids is 1. The first-order valence-electron chi connectivity index (χ1n) is 6.67. The highest BCUT2D eigenvalue weighted by Crippen LogP contribution is 2.30. The van der Waals surface area contributed by atoms with Crippen LogP contribution in [0.5, 0.6) is 5.75 Å². The van der Waals surface area contributed by atoms with E-state index in [4.69, 9.17) is 9.84 Å². The van der Waals surface area contributed by atoms with E-state index in [-0.39, 0.29) is 0 Å². The molecule has 0 spiro atoms. The highest BCUT2D eigenvalue weighted by Gasteiger charge is 2.16. The molecule has 102 valence electrons. The fraction of sp³-hybridized carbons (Fsp3) is 0.643. The molecule has 18 heavy (non-hydrogen) atoms. The summed E-state index contributed by atoms with van der Waals surface area (Å²) in [5, 5.41) is 9.12. The predicted molar refractivity (Wildman–Crippen MR) is 74.9 cm³/mol. The average molecular weight is 270 g/mol. The first kappa shape index (κ1) is 15.0. The van der Waals surface area contributed by atoms with E-state index < -0.39 is 5.97 Å². The van der Waals surface area contributed by atoms with E-state index in [9.17, 15) is 4.79 Å². The zero-order valence-corrected chi connectivity index (χ0v) is 12.0. The molecular formula is C14H22O3S. The van der Waals surface area contributed by atoms with Crippen LogP contribution in [0.4, 0.5) is 0 Å². The lowest BCUT2D eigenvalue weighted by Gasteiger charge is -2.04. The van der Waals surface area contributed by atoms with E-state index in [1.807, 2.05) is 6.07 Å². The van der Waals surface area contributed by atoms with Gasteiger partial charge >= 0.3 is 5.97 Å². The van der Waals surface area contributed by atoms with Crippen molar-refractivity contribution in [3.8, 4) is 5.75 Å². The summed E-state index contributed by atoms with van der Waals surface area (Å²) >= 11 is 1.34. The lowest BCUT2D eigenvalue weighted by molar-refractivity contribution is 0.0698. The minimum absolute atomic E-state index is 0.342. The molecule has 3 nitrogen and oxygen atoms in total.